The topological polar surface area (TPSA) is 80.3 Å². The van der Waals surface area contributed by atoms with Gasteiger partial charge in [-0.3, -0.25) is 14.5 Å². The second-order valence-corrected chi connectivity index (χ2v) is 8.91. The van der Waals surface area contributed by atoms with Gasteiger partial charge < -0.3 is 24.4 Å². The molecule has 34 heavy (non-hydrogen) atoms. The Morgan fingerprint density at radius 3 is 2.56 bits per heavy atom. The Kier molecular flexibility index (Phi) is 6.43. The molecule has 2 aromatic rings. The van der Waals surface area contributed by atoms with Gasteiger partial charge >= 0.3 is 0 Å². The minimum absolute atomic E-state index is 0.0293. The van der Waals surface area contributed by atoms with Crippen LogP contribution in [0.5, 0.6) is 11.5 Å². The van der Waals surface area contributed by atoms with Gasteiger partial charge in [-0.15, -0.1) is 0 Å². The van der Waals surface area contributed by atoms with E-state index in [9.17, 15) is 9.59 Å². The number of morpholine rings is 1. The Bertz CT molecular complexity index is 1080. The van der Waals surface area contributed by atoms with E-state index in [1.165, 1.54) is 0 Å². The summed E-state index contributed by atoms with van der Waals surface area (Å²) in [6.45, 7) is 5.09. The van der Waals surface area contributed by atoms with Crippen LogP contribution in [0.2, 0.25) is 0 Å². The van der Waals surface area contributed by atoms with Crippen molar-refractivity contribution in [3.8, 4) is 11.5 Å². The first kappa shape index (κ1) is 22.7. The van der Waals surface area contributed by atoms with Crippen molar-refractivity contribution >= 4 is 11.8 Å². The Balaban J connectivity index is 1.49. The number of nitrogens with zero attached hydrogens (tertiary/aromatic N) is 2. The van der Waals surface area contributed by atoms with Gasteiger partial charge in [0.25, 0.3) is 5.91 Å². The minimum atomic E-state index is -0.504. The minimum Gasteiger partial charge on any atom is -0.493 e. The maximum atomic E-state index is 13.7. The van der Waals surface area contributed by atoms with Gasteiger partial charge in [0.2, 0.25) is 5.91 Å². The molecule has 1 N–H and O–H groups in total. The van der Waals surface area contributed by atoms with E-state index in [1.807, 2.05) is 41.3 Å². The van der Waals surface area contributed by atoms with Gasteiger partial charge in [0, 0.05) is 38.3 Å². The molecule has 180 valence electrons. The summed E-state index contributed by atoms with van der Waals surface area (Å²) in [6.07, 6.45) is 0.700. The highest BCUT2D eigenvalue weighted by Crippen LogP contribution is 2.48. The molecule has 0 unspecified atom stereocenters. The molecule has 0 aliphatic carbocycles. The van der Waals surface area contributed by atoms with Crippen LogP contribution in [0.1, 0.15) is 39.0 Å². The molecular weight excluding hydrogens is 434 g/mol. The monoisotopic (exact) mass is 465 g/mol. The van der Waals surface area contributed by atoms with Crippen LogP contribution in [0.4, 0.5) is 0 Å². The first-order chi connectivity index (χ1) is 16.6. The van der Waals surface area contributed by atoms with Crippen LogP contribution < -0.4 is 14.8 Å². The Hall–Kier alpha value is -3.10. The predicted octanol–water partition coefficient (Wildman–Crippen LogP) is 1.99. The zero-order chi connectivity index (χ0) is 23.7. The largest absolute Gasteiger partial charge is 0.493 e. The van der Waals surface area contributed by atoms with E-state index in [0.717, 1.165) is 49.5 Å². The smallest absolute Gasteiger partial charge is 0.254 e. The molecule has 1 fully saturated rings. The summed E-state index contributed by atoms with van der Waals surface area (Å²) in [4.78, 5) is 31.3. The van der Waals surface area contributed by atoms with Crippen LogP contribution >= 0.6 is 0 Å². The number of nitrogens with one attached hydrogen (secondary N) is 1. The van der Waals surface area contributed by atoms with E-state index in [-0.39, 0.29) is 11.8 Å². The number of rotatable bonds is 6. The van der Waals surface area contributed by atoms with Crippen molar-refractivity contribution in [3.63, 3.8) is 0 Å². The fourth-order valence-corrected chi connectivity index (χ4v) is 5.41. The molecule has 3 aliphatic heterocycles. The maximum absolute atomic E-state index is 13.7. The molecule has 2 aromatic carbocycles. The lowest BCUT2D eigenvalue weighted by atomic mass is 9.75. The van der Waals surface area contributed by atoms with Crippen LogP contribution in [0, 0.1) is 0 Å². The quantitative estimate of drug-likeness (QED) is 0.703. The third-order valence-electron chi connectivity index (χ3n) is 7.14. The number of amides is 2. The summed E-state index contributed by atoms with van der Waals surface area (Å²) >= 11 is 0. The number of hydrogen-bond donors (Lipinski definition) is 1. The standard InChI is InChI=1S/C26H31N3O5/c1-32-21-15-17-7-9-29-24(20(17)16-22(21)33-2)23(18-5-3-4-6-19(18)26(29)31)25(30)27-8-10-28-11-13-34-14-12-28/h3-6,15-16,23-24H,7-14H2,1-2H3,(H,27,30)/t23-,24+/m1/s1. The fraction of sp³-hybridized carbons (Fsp3) is 0.462. The lowest BCUT2D eigenvalue weighted by Gasteiger charge is -2.45. The molecule has 0 spiro atoms. The number of carbonyl (C=O) groups is 2. The van der Waals surface area contributed by atoms with Crippen LogP contribution in [-0.2, 0) is 16.0 Å². The van der Waals surface area contributed by atoms with Crippen molar-refractivity contribution in [2.75, 3.05) is 60.2 Å². The second kappa shape index (κ2) is 9.64. The van der Waals surface area contributed by atoms with Crippen LogP contribution in [0.15, 0.2) is 36.4 Å². The number of methoxy groups -OCH3 is 2. The fourth-order valence-electron chi connectivity index (χ4n) is 5.41. The molecule has 0 bridgehead atoms. The molecular formula is C26H31N3O5. The first-order valence-electron chi connectivity index (χ1n) is 11.8. The number of ether oxygens (including phenoxy) is 3. The molecule has 1 saturated heterocycles. The highest BCUT2D eigenvalue weighted by molar-refractivity contribution is 6.01. The van der Waals surface area contributed by atoms with Crippen LogP contribution in [0.25, 0.3) is 0 Å². The summed E-state index contributed by atoms with van der Waals surface area (Å²) in [5.74, 6) is 0.657. The Morgan fingerprint density at radius 1 is 1.06 bits per heavy atom. The SMILES string of the molecule is COc1cc2c(cc1OC)[C@H]1[C@H](C(=O)NCCN3CCOCC3)c3ccccc3C(=O)N1CC2. The zero-order valence-corrected chi connectivity index (χ0v) is 19.7. The molecule has 0 radical (unpaired) electrons. The molecule has 0 aromatic heterocycles. The van der Waals surface area contributed by atoms with Crippen molar-refractivity contribution < 1.29 is 23.8 Å². The normalized spacial score (nSPS) is 21.8. The number of benzene rings is 2. The van der Waals surface area contributed by atoms with Crippen LogP contribution in [-0.4, -0.2) is 81.8 Å². The van der Waals surface area contributed by atoms with Crippen molar-refractivity contribution in [2.24, 2.45) is 0 Å². The molecule has 5 rings (SSSR count). The second-order valence-electron chi connectivity index (χ2n) is 8.91. The van der Waals surface area contributed by atoms with E-state index < -0.39 is 12.0 Å². The van der Waals surface area contributed by atoms with Gasteiger partial charge in [-0.1, -0.05) is 18.2 Å². The average Bonchev–Trinajstić information content (AvgIpc) is 2.88. The van der Waals surface area contributed by atoms with Gasteiger partial charge in [0.15, 0.2) is 11.5 Å². The molecule has 3 heterocycles. The first-order valence-corrected chi connectivity index (χ1v) is 11.8. The highest BCUT2D eigenvalue weighted by atomic mass is 16.5. The lowest BCUT2D eigenvalue weighted by Crippen LogP contribution is -2.50. The Labute approximate surface area is 199 Å². The van der Waals surface area contributed by atoms with Gasteiger partial charge in [-0.25, -0.2) is 0 Å². The predicted molar refractivity (Wildman–Crippen MR) is 126 cm³/mol. The summed E-state index contributed by atoms with van der Waals surface area (Å²) in [6, 6.07) is 11.0. The van der Waals surface area contributed by atoms with Crippen molar-refractivity contribution in [1.82, 2.24) is 15.1 Å². The molecule has 2 atom stereocenters. The van der Waals surface area contributed by atoms with Crippen molar-refractivity contribution in [3.05, 3.63) is 58.7 Å². The summed E-state index contributed by atoms with van der Waals surface area (Å²) < 4.78 is 16.5. The average molecular weight is 466 g/mol. The molecule has 3 aliphatic rings. The molecule has 0 saturated carbocycles. The van der Waals surface area contributed by atoms with Crippen molar-refractivity contribution in [1.29, 1.82) is 0 Å². The van der Waals surface area contributed by atoms with E-state index in [0.29, 0.717) is 36.6 Å². The van der Waals surface area contributed by atoms with E-state index in [2.05, 4.69) is 10.2 Å². The molecule has 8 heteroatoms. The summed E-state index contributed by atoms with van der Waals surface area (Å²) in [5, 5.41) is 3.16. The molecule has 8 nitrogen and oxygen atoms in total. The highest BCUT2D eigenvalue weighted by Gasteiger charge is 2.46. The molecule has 2 amide bonds. The summed E-state index contributed by atoms with van der Waals surface area (Å²) in [7, 11) is 3.21. The van der Waals surface area contributed by atoms with Gasteiger partial charge in [-0.2, -0.15) is 0 Å². The number of carbonyl (C=O) groups excluding carboxylic acids is 2. The summed E-state index contributed by atoms with van der Waals surface area (Å²) in [5.41, 5.74) is 3.41. The van der Waals surface area contributed by atoms with Gasteiger partial charge in [0.1, 0.15) is 0 Å². The van der Waals surface area contributed by atoms with Crippen molar-refractivity contribution in [2.45, 2.75) is 18.4 Å². The van der Waals surface area contributed by atoms with E-state index in [4.69, 9.17) is 14.2 Å². The van der Waals surface area contributed by atoms with E-state index in [1.54, 1.807) is 14.2 Å². The Morgan fingerprint density at radius 2 is 1.79 bits per heavy atom. The van der Waals surface area contributed by atoms with Gasteiger partial charge in [0.05, 0.1) is 39.4 Å². The van der Waals surface area contributed by atoms with Gasteiger partial charge in [-0.05, 0) is 41.3 Å². The number of hydrogen-bond acceptors (Lipinski definition) is 6. The van der Waals surface area contributed by atoms with Crippen LogP contribution in [0.3, 0.4) is 0 Å². The third-order valence-corrected chi connectivity index (χ3v) is 7.14. The number of fused-ring (bicyclic) bond motifs is 4. The zero-order valence-electron chi connectivity index (χ0n) is 19.7. The lowest BCUT2D eigenvalue weighted by molar-refractivity contribution is -0.124. The third kappa shape index (κ3) is 4.01. The van der Waals surface area contributed by atoms with E-state index >= 15 is 0 Å². The maximum Gasteiger partial charge on any atom is 0.254 e.